The van der Waals surface area contributed by atoms with E-state index in [9.17, 15) is 14.3 Å². The summed E-state index contributed by atoms with van der Waals surface area (Å²) in [5.41, 5.74) is 2.84. The first-order valence-corrected chi connectivity index (χ1v) is 13.6. The number of aryl methyl sites for hydroxylation is 2. The molecule has 1 N–H and O–H groups in total. The fourth-order valence-corrected chi connectivity index (χ4v) is 5.76. The highest BCUT2D eigenvalue weighted by molar-refractivity contribution is 6.31. The van der Waals surface area contributed by atoms with E-state index in [1.165, 1.54) is 12.3 Å². The van der Waals surface area contributed by atoms with Crippen LogP contribution in [0.3, 0.4) is 0 Å². The molecule has 202 valence electrons. The number of ether oxygens (including phenoxy) is 1. The van der Waals surface area contributed by atoms with E-state index in [2.05, 4.69) is 15.0 Å². The standard InChI is InChI=1S/C29H29ClFN5O3/c1-29(2,38)28-32-10-9-20(35-28)21-13-22-17(14-33-21)5-3-4-6-19-12-24(25(30)27(37)36(19)22)39-23-8-7-16-11-18(31)15-34-26(16)23/h9-13,15,17,23,38H,3-8,14H2,1-2H3/t17-,23?/m0/s1. The van der Waals surface area contributed by atoms with Gasteiger partial charge in [-0.25, -0.2) is 14.4 Å². The summed E-state index contributed by atoms with van der Waals surface area (Å²) in [6, 6.07) is 5.10. The predicted molar refractivity (Wildman–Crippen MR) is 146 cm³/mol. The molecule has 0 fully saturated rings. The van der Waals surface area contributed by atoms with Crippen LogP contribution in [-0.2, 0) is 18.4 Å². The van der Waals surface area contributed by atoms with Crippen LogP contribution in [0.4, 0.5) is 4.39 Å². The van der Waals surface area contributed by atoms with Crippen LogP contribution in [0.15, 0.2) is 46.5 Å². The van der Waals surface area contributed by atoms with Gasteiger partial charge in [0.05, 0.1) is 23.3 Å². The summed E-state index contributed by atoms with van der Waals surface area (Å²) in [4.78, 5) is 31.6. The van der Waals surface area contributed by atoms with Gasteiger partial charge in [-0.15, -0.1) is 0 Å². The number of dihydropyridines is 1. The van der Waals surface area contributed by atoms with Crippen molar-refractivity contribution in [1.29, 1.82) is 0 Å². The first-order chi connectivity index (χ1) is 18.7. The molecule has 1 unspecified atom stereocenters. The molecule has 0 saturated carbocycles. The second-order valence-corrected chi connectivity index (χ2v) is 11.2. The summed E-state index contributed by atoms with van der Waals surface area (Å²) in [5.74, 6) is 0.312. The number of pyridine rings is 2. The molecule has 2 atom stereocenters. The third kappa shape index (κ3) is 4.89. The lowest BCUT2D eigenvalue weighted by atomic mass is 9.91. The minimum atomic E-state index is -1.20. The molecule has 3 aliphatic rings. The number of halogens is 2. The Bertz CT molecular complexity index is 1580. The van der Waals surface area contributed by atoms with Gasteiger partial charge < -0.3 is 9.84 Å². The lowest BCUT2D eigenvalue weighted by Gasteiger charge is -2.29. The van der Waals surface area contributed by atoms with E-state index in [-0.39, 0.29) is 22.3 Å². The number of hydrogen-bond acceptors (Lipinski definition) is 7. The van der Waals surface area contributed by atoms with Crippen LogP contribution in [0.25, 0.3) is 5.70 Å². The largest absolute Gasteiger partial charge is 0.482 e. The second kappa shape index (κ2) is 9.95. The average molecular weight is 550 g/mol. The van der Waals surface area contributed by atoms with E-state index < -0.39 is 11.7 Å². The van der Waals surface area contributed by atoms with Gasteiger partial charge in [-0.3, -0.25) is 19.3 Å². The summed E-state index contributed by atoms with van der Waals surface area (Å²) in [5, 5.41) is 10.4. The van der Waals surface area contributed by atoms with Gasteiger partial charge in [0, 0.05) is 36.1 Å². The van der Waals surface area contributed by atoms with Crippen LogP contribution in [0.2, 0.25) is 5.02 Å². The maximum Gasteiger partial charge on any atom is 0.277 e. The zero-order chi connectivity index (χ0) is 27.3. The Kier molecular flexibility index (Phi) is 6.59. The van der Waals surface area contributed by atoms with Crippen LogP contribution in [0.5, 0.6) is 5.75 Å². The molecule has 0 amide bonds. The lowest BCUT2D eigenvalue weighted by Crippen LogP contribution is -2.32. The SMILES string of the molecule is CC(C)(O)c1nccc(C2=NC[C@@H]3CCCCc4cc(OC5CCc6cc(F)cnc65)c(Cl)c(=O)n4C3=C2)n1. The van der Waals surface area contributed by atoms with Crippen molar-refractivity contribution in [2.24, 2.45) is 10.9 Å². The van der Waals surface area contributed by atoms with Crippen molar-refractivity contribution in [3.05, 3.63) is 86.3 Å². The summed E-state index contributed by atoms with van der Waals surface area (Å²) < 4.78 is 21.6. The third-order valence-electron chi connectivity index (χ3n) is 7.55. The predicted octanol–water partition coefficient (Wildman–Crippen LogP) is 4.81. The number of fused-ring (bicyclic) bond motifs is 4. The number of rotatable bonds is 4. The van der Waals surface area contributed by atoms with Crippen molar-refractivity contribution in [2.45, 2.75) is 64.1 Å². The Balaban J connectivity index is 1.39. The van der Waals surface area contributed by atoms with E-state index >= 15 is 0 Å². The van der Waals surface area contributed by atoms with Gasteiger partial charge in [0.1, 0.15) is 28.3 Å². The molecule has 0 saturated heterocycles. The highest BCUT2D eigenvalue weighted by Gasteiger charge is 2.31. The number of hydrogen-bond donors (Lipinski definition) is 1. The molecule has 5 heterocycles. The maximum absolute atomic E-state index is 13.8. The van der Waals surface area contributed by atoms with E-state index in [0.29, 0.717) is 54.5 Å². The number of aliphatic hydroxyl groups is 1. The summed E-state index contributed by atoms with van der Waals surface area (Å²) >= 11 is 6.67. The Morgan fingerprint density at radius 1 is 1.18 bits per heavy atom. The molecule has 0 bridgehead atoms. The molecule has 3 aromatic rings. The van der Waals surface area contributed by atoms with Crippen LogP contribution in [-0.4, -0.2) is 36.9 Å². The zero-order valence-corrected chi connectivity index (χ0v) is 22.6. The molecule has 0 aromatic carbocycles. The van der Waals surface area contributed by atoms with Gasteiger partial charge in [-0.2, -0.15) is 0 Å². The molecule has 39 heavy (non-hydrogen) atoms. The average Bonchev–Trinajstić information content (AvgIpc) is 3.29. The van der Waals surface area contributed by atoms with Gasteiger partial charge in [0.2, 0.25) is 0 Å². The summed E-state index contributed by atoms with van der Waals surface area (Å²) in [6.45, 7) is 3.79. The van der Waals surface area contributed by atoms with Crippen LogP contribution in [0, 0.1) is 11.7 Å². The van der Waals surface area contributed by atoms with E-state index in [1.54, 1.807) is 30.7 Å². The molecule has 6 rings (SSSR count). The van der Waals surface area contributed by atoms with Crippen LogP contribution >= 0.6 is 11.6 Å². The smallest absolute Gasteiger partial charge is 0.277 e. The van der Waals surface area contributed by atoms with Crippen molar-refractivity contribution in [2.75, 3.05) is 6.54 Å². The monoisotopic (exact) mass is 549 g/mol. The van der Waals surface area contributed by atoms with Gasteiger partial charge in [-0.1, -0.05) is 18.0 Å². The molecule has 1 aliphatic carbocycles. The molecular weight excluding hydrogens is 521 g/mol. The van der Waals surface area contributed by atoms with E-state index in [4.69, 9.17) is 21.3 Å². The summed E-state index contributed by atoms with van der Waals surface area (Å²) in [7, 11) is 0. The molecule has 10 heteroatoms. The Hall–Kier alpha value is -3.43. The van der Waals surface area contributed by atoms with Crippen LogP contribution < -0.4 is 10.3 Å². The topological polar surface area (TPSA) is 102 Å². The first-order valence-electron chi connectivity index (χ1n) is 13.3. The number of nitrogens with zero attached hydrogens (tertiary/aromatic N) is 5. The fourth-order valence-electron chi connectivity index (χ4n) is 5.58. The fraction of sp³-hybridized carbons (Fsp3) is 0.414. The molecule has 0 radical (unpaired) electrons. The Labute approximate surface area is 230 Å². The third-order valence-corrected chi connectivity index (χ3v) is 7.90. The second-order valence-electron chi connectivity index (χ2n) is 10.9. The van der Waals surface area contributed by atoms with Gasteiger partial charge in [-0.05, 0) is 69.7 Å². The summed E-state index contributed by atoms with van der Waals surface area (Å²) in [6.07, 6.45) is 9.13. The van der Waals surface area contributed by atoms with Gasteiger partial charge in [0.25, 0.3) is 5.56 Å². The molecule has 8 nitrogen and oxygen atoms in total. The number of aromatic nitrogens is 4. The molecule has 0 spiro atoms. The Morgan fingerprint density at radius 2 is 2.03 bits per heavy atom. The van der Waals surface area contributed by atoms with Crippen molar-refractivity contribution in [1.82, 2.24) is 19.5 Å². The van der Waals surface area contributed by atoms with Crippen molar-refractivity contribution < 1.29 is 14.2 Å². The zero-order valence-electron chi connectivity index (χ0n) is 21.8. The number of allylic oxidation sites excluding steroid dienone is 1. The number of aliphatic imine (C=N–C) groups is 1. The van der Waals surface area contributed by atoms with E-state index in [1.807, 2.05) is 12.1 Å². The quantitative estimate of drug-likeness (QED) is 0.501. The van der Waals surface area contributed by atoms with Crippen molar-refractivity contribution in [3.63, 3.8) is 0 Å². The maximum atomic E-state index is 13.8. The van der Waals surface area contributed by atoms with E-state index in [0.717, 1.165) is 36.2 Å². The minimum absolute atomic E-state index is 0.00458. The van der Waals surface area contributed by atoms with Crippen molar-refractivity contribution in [3.8, 4) is 5.75 Å². The lowest BCUT2D eigenvalue weighted by molar-refractivity contribution is 0.0686. The first kappa shape index (κ1) is 25.8. The van der Waals surface area contributed by atoms with Crippen LogP contribution in [0.1, 0.15) is 74.1 Å². The van der Waals surface area contributed by atoms with Crippen molar-refractivity contribution >= 4 is 23.0 Å². The highest BCUT2D eigenvalue weighted by Crippen LogP contribution is 2.38. The minimum Gasteiger partial charge on any atom is -0.482 e. The molecule has 3 aromatic heterocycles. The normalized spacial score (nSPS) is 20.6. The Morgan fingerprint density at radius 3 is 2.85 bits per heavy atom. The molecular formula is C29H29ClFN5O3. The van der Waals surface area contributed by atoms with Gasteiger partial charge in [0.15, 0.2) is 5.82 Å². The van der Waals surface area contributed by atoms with Gasteiger partial charge >= 0.3 is 0 Å². The molecule has 2 aliphatic heterocycles. The highest BCUT2D eigenvalue weighted by atomic mass is 35.5.